The minimum Gasteiger partial charge on any atom is -0.481 e. The van der Waals surface area contributed by atoms with E-state index < -0.39 is 30.3 Å². The van der Waals surface area contributed by atoms with Crippen molar-refractivity contribution in [3.05, 3.63) is 0 Å². The van der Waals surface area contributed by atoms with Gasteiger partial charge in [-0.25, -0.2) is 4.79 Å². The lowest BCUT2D eigenvalue weighted by molar-refractivity contribution is -0.147. The highest BCUT2D eigenvalue weighted by Crippen LogP contribution is 2.08. The van der Waals surface area contributed by atoms with E-state index in [0.717, 1.165) is 0 Å². The molecule has 0 aromatic heterocycles. The van der Waals surface area contributed by atoms with Gasteiger partial charge in [-0.05, 0) is 6.42 Å². The van der Waals surface area contributed by atoms with Gasteiger partial charge < -0.3 is 20.4 Å². The highest BCUT2D eigenvalue weighted by Gasteiger charge is 2.26. The van der Waals surface area contributed by atoms with E-state index in [0.29, 0.717) is 19.4 Å². The molecule has 1 aliphatic rings. The first kappa shape index (κ1) is 13.9. The van der Waals surface area contributed by atoms with E-state index in [4.69, 9.17) is 10.2 Å². The second-order valence-corrected chi connectivity index (χ2v) is 3.98. The van der Waals surface area contributed by atoms with Crippen LogP contribution in [-0.2, 0) is 19.2 Å². The number of carboxylic acid groups (broad SMARTS) is 2. The molecule has 0 aliphatic carbocycles. The number of carboxylic acids is 2. The Morgan fingerprint density at radius 2 is 2.00 bits per heavy atom. The summed E-state index contributed by atoms with van der Waals surface area (Å²) in [5, 5.41) is 19.3. The molecule has 0 saturated carbocycles. The molecular weight excluding hydrogens is 244 g/mol. The molecule has 0 radical (unpaired) electrons. The molecule has 1 atom stereocenters. The second kappa shape index (κ2) is 5.99. The van der Waals surface area contributed by atoms with Crippen LogP contribution in [0.4, 0.5) is 0 Å². The van der Waals surface area contributed by atoms with E-state index in [9.17, 15) is 19.2 Å². The molecule has 1 unspecified atom stereocenters. The number of carbonyl (C=O) groups excluding carboxylic acids is 2. The van der Waals surface area contributed by atoms with Crippen molar-refractivity contribution in [2.24, 2.45) is 0 Å². The van der Waals surface area contributed by atoms with Crippen LogP contribution in [0.15, 0.2) is 0 Å². The van der Waals surface area contributed by atoms with Crippen LogP contribution in [0.2, 0.25) is 0 Å². The number of nitrogens with zero attached hydrogens (tertiary/aromatic N) is 1. The number of carbonyl (C=O) groups is 4. The van der Waals surface area contributed by atoms with Crippen molar-refractivity contribution in [3.63, 3.8) is 0 Å². The molecule has 0 bridgehead atoms. The van der Waals surface area contributed by atoms with Crippen molar-refractivity contribution in [2.45, 2.75) is 25.3 Å². The van der Waals surface area contributed by atoms with Crippen LogP contribution in [0.3, 0.4) is 0 Å². The summed E-state index contributed by atoms with van der Waals surface area (Å²) in [6.45, 7) is 0.227. The number of likely N-dealkylation sites (tertiary alicyclic amines) is 1. The standard InChI is InChI=1S/C10H14N2O6/c13-7(5-12-3-1-2-8(12)14)11-6(10(17)18)4-9(15)16/h6H,1-5H2,(H,11,13)(H,15,16)(H,17,18). The van der Waals surface area contributed by atoms with Crippen molar-refractivity contribution in [2.75, 3.05) is 13.1 Å². The highest BCUT2D eigenvalue weighted by atomic mass is 16.4. The lowest BCUT2D eigenvalue weighted by atomic mass is 10.2. The number of hydrogen-bond acceptors (Lipinski definition) is 4. The SMILES string of the molecule is O=C(O)CC(NC(=O)CN1CCCC1=O)C(=O)O. The maximum atomic E-state index is 11.5. The molecule has 1 saturated heterocycles. The molecule has 1 fully saturated rings. The van der Waals surface area contributed by atoms with Crippen LogP contribution in [0.5, 0.6) is 0 Å². The first-order valence-corrected chi connectivity index (χ1v) is 5.42. The molecule has 1 heterocycles. The van der Waals surface area contributed by atoms with Crippen LogP contribution >= 0.6 is 0 Å². The molecule has 0 aromatic rings. The van der Waals surface area contributed by atoms with Gasteiger partial charge in [-0.3, -0.25) is 14.4 Å². The predicted molar refractivity (Wildman–Crippen MR) is 57.6 cm³/mol. The molecule has 2 amide bonds. The summed E-state index contributed by atoms with van der Waals surface area (Å²) in [6.07, 6.45) is 0.351. The van der Waals surface area contributed by atoms with Gasteiger partial charge in [-0.2, -0.15) is 0 Å². The molecule has 0 spiro atoms. The normalized spacial score (nSPS) is 16.4. The topological polar surface area (TPSA) is 124 Å². The lowest BCUT2D eigenvalue weighted by Crippen LogP contribution is -2.46. The number of hydrogen-bond donors (Lipinski definition) is 3. The third kappa shape index (κ3) is 4.04. The predicted octanol–water partition coefficient (Wildman–Crippen LogP) is -1.35. The van der Waals surface area contributed by atoms with Gasteiger partial charge >= 0.3 is 11.9 Å². The molecule has 18 heavy (non-hydrogen) atoms. The maximum Gasteiger partial charge on any atom is 0.326 e. The number of rotatable bonds is 6. The first-order valence-electron chi connectivity index (χ1n) is 5.42. The molecule has 1 aliphatic heterocycles. The minimum absolute atomic E-state index is 0.157. The van der Waals surface area contributed by atoms with Gasteiger partial charge in [0.15, 0.2) is 0 Å². The smallest absolute Gasteiger partial charge is 0.326 e. The number of aliphatic carboxylic acids is 2. The van der Waals surface area contributed by atoms with Gasteiger partial charge in [0.1, 0.15) is 6.04 Å². The minimum atomic E-state index is -1.48. The molecule has 1 rings (SSSR count). The van der Waals surface area contributed by atoms with Crippen LogP contribution in [0.25, 0.3) is 0 Å². The van der Waals surface area contributed by atoms with Crippen molar-refractivity contribution in [1.29, 1.82) is 0 Å². The van der Waals surface area contributed by atoms with E-state index in [1.54, 1.807) is 0 Å². The molecule has 0 aromatic carbocycles. The van der Waals surface area contributed by atoms with E-state index in [1.165, 1.54) is 4.90 Å². The molecule has 100 valence electrons. The van der Waals surface area contributed by atoms with Crippen molar-refractivity contribution in [1.82, 2.24) is 10.2 Å². The Bertz CT molecular complexity index is 381. The lowest BCUT2D eigenvalue weighted by Gasteiger charge is -2.17. The maximum absolute atomic E-state index is 11.5. The van der Waals surface area contributed by atoms with E-state index >= 15 is 0 Å². The highest BCUT2D eigenvalue weighted by molar-refractivity contribution is 5.90. The zero-order chi connectivity index (χ0) is 13.7. The Labute approximate surface area is 103 Å². The van der Waals surface area contributed by atoms with Crippen LogP contribution in [-0.4, -0.2) is 58.0 Å². The fraction of sp³-hybridized carbons (Fsp3) is 0.600. The fourth-order valence-electron chi connectivity index (χ4n) is 1.66. The molecule has 8 heteroatoms. The zero-order valence-corrected chi connectivity index (χ0v) is 9.59. The summed E-state index contributed by atoms with van der Waals surface area (Å²) in [7, 11) is 0. The second-order valence-electron chi connectivity index (χ2n) is 3.98. The van der Waals surface area contributed by atoms with Gasteiger partial charge in [-0.15, -0.1) is 0 Å². The third-order valence-corrected chi connectivity index (χ3v) is 2.52. The largest absolute Gasteiger partial charge is 0.481 e. The van der Waals surface area contributed by atoms with Gasteiger partial charge in [-0.1, -0.05) is 0 Å². The fourth-order valence-corrected chi connectivity index (χ4v) is 1.66. The molecular formula is C10H14N2O6. The van der Waals surface area contributed by atoms with Gasteiger partial charge in [0.2, 0.25) is 11.8 Å². The summed E-state index contributed by atoms with van der Waals surface area (Å²) in [4.78, 5) is 45.2. The zero-order valence-electron chi connectivity index (χ0n) is 9.59. The molecule has 3 N–H and O–H groups in total. The van der Waals surface area contributed by atoms with Crippen LogP contribution in [0.1, 0.15) is 19.3 Å². The number of nitrogens with one attached hydrogen (secondary N) is 1. The quantitative estimate of drug-likeness (QED) is 0.541. The third-order valence-electron chi connectivity index (χ3n) is 2.52. The number of amides is 2. The Kier molecular flexibility index (Phi) is 4.64. The van der Waals surface area contributed by atoms with Gasteiger partial charge in [0.25, 0.3) is 0 Å². The first-order chi connectivity index (χ1) is 8.40. The van der Waals surface area contributed by atoms with Gasteiger partial charge in [0, 0.05) is 13.0 Å². The Balaban J connectivity index is 2.48. The van der Waals surface area contributed by atoms with Crippen molar-refractivity contribution in [3.8, 4) is 0 Å². The monoisotopic (exact) mass is 258 g/mol. The van der Waals surface area contributed by atoms with E-state index in [2.05, 4.69) is 5.32 Å². The summed E-state index contributed by atoms with van der Waals surface area (Å²) >= 11 is 0. The Morgan fingerprint density at radius 1 is 1.33 bits per heavy atom. The Hall–Kier alpha value is -2.12. The summed E-state index contributed by atoms with van der Waals surface area (Å²) in [6, 6.07) is -1.48. The summed E-state index contributed by atoms with van der Waals surface area (Å²) in [5.74, 6) is -3.56. The van der Waals surface area contributed by atoms with Crippen molar-refractivity contribution >= 4 is 23.8 Å². The van der Waals surface area contributed by atoms with Gasteiger partial charge in [0.05, 0.1) is 13.0 Å². The summed E-state index contributed by atoms with van der Waals surface area (Å²) in [5.41, 5.74) is 0. The average Bonchev–Trinajstić information content (AvgIpc) is 2.62. The van der Waals surface area contributed by atoms with E-state index in [1.807, 2.05) is 0 Å². The molecule has 8 nitrogen and oxygen atoms in total. The average molecular weight is 258 g/mol. The van der Waals surface area contributed by atoms with Crippen molar-refractivity contribution < 1.29 is 29.4 Å². The Morgan fingerprint density at radius 3 is 2.44 bits per heavy atom. The van der Waals surface area contributed by atoms with Crippen LogP contribution in [0, 0.1) is 0 Å². The van der Waals surface area contributed by atoms with E-state index in [-0.39, 0.29) is 12.5 Å². The summed E-state index contributed by atoms with van der Waals surface area (Å²) < 4.78 is 0. The van der Waals surface area contributed by atoms with Crippen LogP contribution < -0.4 is 5.32 Å².